The fourth-order valence-corrected chi connectivity index (χ4v) is 2.83. The Kier molecular flexibility index (Phi) is 6.59. The van der Waals surface area contributed by atoms with Crippen LogP contribution in [0.2, 0.25) is 0 Å². The molecule has 0 radical (unpaired) electrons. The molecule has 6 heteroatoms. The van der Waals surface area contributed by atoms with E-state index in [1.165, 1.54) is 0 Å². The van der Waals surface area contributed by atoms with Crippen molar-refractivity contribution in [3.8, 4) is 0 Å². The van der Waals surface area contributed by atoms with Crippen LogP contribution < -0.4 is 5.32 Å². The van der Waals surface area contributed by atoms with Gasteiger partial charge in [0.25, 0.3) is 0 Å². The van der Waals surface area contributed by atoms with Gasteiger partial charge < -0.3 is 15.3 Å². The Morgan fingerprint density at radius 1 is 1.26 bits per heavy atom. The predicted octanol–water partition coefficient (Wildman–Crippen LogP) is 1.89. The van der Waals surface area contributed by atoms with Crippen LogP contribution >= 0.6 is 0 Å². The number of carbonyl (C=O) groups excluding carboxylic acids is 2. The van der Waals surface area contributed by atoms with E-state index in [9.17, 15) is 19.5 Å². The number of hydrogen-bond acceptors (Lipinski definition) is 3. The first-order valence-electron chi connectivity index (χ1n) is 8.35. The van der Waals surface area contributed by atoms with Gasteiger partial charge in [0.15, 0.2) is 0 Å². The first kappa shape index (κ1) is 19.5. The molecule has 1 aliphatic heterocycles. The normalized spacial score (nSPS) is 20.3. The second-order valence-electron chi connectivity index (χ2n) is 7.87. The summed E-state index contributed by atoms with van der Waals surface area (Å²) in [6, 6.07) is -0.865. The van der Waals surface area contributed by atoms with Crippen molar-refractivity contribution in [1.82, 2.24) is 10.2 Å². The fourth-order valence-electron chi connectivity index (χ4n) is 2.83. The van der Waals surface area contributed by atoms with E-state index >= 15 is 0 Å². The van der Waals surface area contributed by atoms with Crippen LogP contribution in [-0.2, 0) is 14.4 Å². The van der Waals surface area contributed by atoms with Crippen LogP contribution in [0.5, 0.6) is 0 Å². The number of likely N-dealkylation sites (tertiary alicyclic amines) is 1. The van der Waals surface area contributed by atoms with Gasteiger partial charge in [-0.3, -0.25) is 9.59 Å². The number of rotatable bonds is 5. The van der Waals surface area contributed by atoms with Gasteiger partial charge in [0.1, 0.15) is 6.04 Å². The molecule has 0 bridgehead atoms. The third-order valence-electron chi connectivity index (χ3n) is 4.04. The molecule has 1 fully saturated rings. The maximum Gasteiger partial charge on any atom is 0.326 e. The zero-order chi connectivity index (χ0) is 17.8. The highest BCUT2D eigenvalue weighted by atomic mass is 16.4. The Morgan fingerprint density at radius 2 is 1.87 bits per heavy atom. The highest BCUT2D eigenvalue weighted by molar-refractivity contribution is 5.86. The summed E-state index contributed by atoms with van der Waals surface area (Å²) in [7, 11) is 0. The molecule has 0 aliphatic carbocycles. The van der Waals surface area contributed by atoms with Gasteiger partial charge >= 0.3 is 5.97 Å². The Labute approximate surface area is 138 Å². The number of carboxylic acid groups (broad SMARTS) is 1. The van der Waals surface area contributed by atoms with Crippen LogP contribution in [0.1, 0.15) is 53.9 Å². The van der Waals surface area contributed by atoms with E-state index in [4.69, 9.17) is 0 Å². The van der Waals surface area contributed by atoms with Gasteiger partial charge in [-0.1, -0.05) is 34.6 Å². The minimum absolute atomic E-state index is 0.0342. The minimum Gasteiger partial charge on any atom is -0.480 e. The molecule has 0 saturated carbocycles. The van der Waals surface area contributed by atoms with Crippen molar-refractivity contribution in [2.24, 2.45) is 17.3 Å². The third kappa shape index (κ3) is 5.84. The van der Waals surface area contributed by atoms with Gasteiger partial charge in [0.05, 0.1) is 5.92 Å². The van der Waals surface area contributed by atoms with E-state index in [1.54, 1.807) is 4.90 Å². The summed E-state index contributed by atoms with van der Waals surface area (Å²) in [5, 5.41) is 11.9. The van der Waals surface area contributed by atoms with E-state index in [0.717, 1.165) is 6.42 Å². The second-order valence-corrected chi connectivity index (χ2v) is 7.87. The van der Waals surface area contributed by atoms with E-state index in [0.29, 0.717) is 25.9 Å². The van der Waals surface area contributed by atoms with Gasteiger partial charge in [0.2, 0.25) is 11.8 Å². The Morgan fingerprint density at radius 3 is 2.35 bits per heavy atom. The van der Waals surface area contributed by atoms with Gasteiger partial charge in [-0.2, -0.15) is 0 Å². The number of aliphatic carboxylic acids is 1. The number of nitrogens with one attached hydrogen (secondary N) is 1. The number of piperidine rings is 1. The second kappa shape index (κ2) is 7.79. The van der Waals surface area contributed by atoms with Crippen molar-refractivity contribution in [2.75, 3.05) is 13.1 Å². The van der Waals surface area contributed by atoms with E-state index in [2.05, 4.69) is 5.32 Å². The highest BCUT2D eigenvalue weighted by Gasteiger charge is 2.34. The summed E-state index contributed by atoms with van der Waals surface area (Å²) in [4.78, 5) is 37.8. The minimum atomic E-state index is -1.01. The van der Waals surface area contributed by atoms with Gasteiger partial charge in [-0.05, 0) is 25.2 Å². The molecule has 2 atom stereocenters. The van der Waals surface area contributed by atoms with Gasteiger partial charge in [-0.15, -0.1) is 0 Å². The first-order chi connectivity index (χ1) is 10.5. The molecule has 6 nitrogen and oxygen atoms in total. The first-order valence-corrected chi connectivity index (χ1v) is 8.35. The number of nitrogens with zero attached hydrogens (tertiary/aromatic N) is 1. The maximum absolute atomic E-state index is 12.4. The van der Waals surface area contributed by atoms with Crippen LogP contribution in [0, 0.1) is 17.3 Å². The number of carboxylic acids is 1. The smallest absolute Gasteiger partial charge is 0.326 e. The molecule has 1 heterocycles. The molecule has 1 aliphatic rings. The molecule has 132 valence electrons. The van der Waals surface area contributed by atoms with Crippen molar-refractivity contribution >= 4 is 17.8 Å². The molecule has 1 saturated heterocycles. The van der Waals surface area contributed by atoms with Gasteiger partial charge in [-0.25, -0.2) is 4.79 Å². The standard InChI is InChI=1S/C17H30N2O4/c1-11(2)9-13(15(21)22)18-14(20)12-7-6-8-19(10-12)16(23)17(3,4)5/h11-13H,6-10H2,1-5H3,(H,18,20)(H,21,22). The summed E-state index contributed by atoms with van der Waals surface area (Å²) in [5.74, 6) is -1.38. The van der Waals surface area contributed by atoms with Crippen molar-refractivity contribution < 1.29 is 19.5 Å². The SMILES string of the molecule is CC(C)CC(NC(=O)C1CCCN(C(=O)C(C)(C)C)C1)C(=O)O. The van der Waals surface area contributed by atoms with Crippen molar-refractivity contribution in [2.45, 2.75) is 59.9 Å². The molecule has 0 aromatic heterocycles. The largest absolute Gasteiger partial charge is 0.480 e. The monoisotopic (exact) mass is 326 g/mol. The summed E-state index contributed by atoms with van der Waals surface area (Å²) < 4.78 is 0. The lowest BCUT2D eigenvalue weighted by Gasteiger charge is -2.36. The summed E-state index contributed by atoms with van der Waals surface area (Å²) in [5.41, 5.74) is -0.473. The number of amides is 2. The molecule has 2 N–H and O–H groups in total. The molecule has 23 heavy (non-hydrogen) atoms. The Hall–Kier alpha value is -1.59. The highest BCUT2D eigenvalue weighted by Crippen LogP contribution is 2.23. The molecular formula is C17H30N2O4. The van der Waals surface area contributed by atoms with Gasteiger partial charge in [0, 0.05) is 18.5 Å². The molecule has 2 amide bonds. The molecule has 0 spiro atoms. The topological polar surface area (TPSA) is 86.7 Å². The zero-order valence-corrected chi connectivity index (χ0v) is 14.9. The maximum atomic E-state index is 12.4. The van der Waals surface area contributed by atoms with E-state index in [1.807, 2.05) is 34.6 Å². The lowest BCUT2D eigenvalue weighted by Crippen LogP contribution is -2.51. The van der Waals surface area contributed by atoms with Crippen LogP contribution in [0.25, 0.3) is 0 Å². The Balaban J connectivity index is 2.68. The lowest BCUT2D eigenvalue weighted by atomic mass is 9.90. The number of hydrogen-bond donors (Lipinski definition) is 2. The van der Waals surface area contributed by atoms with Crippen molar-refractivity contribution in [3.63, 3.8) is 0 Å². The quantitative estimate of drug-likeness (QED) is 0.807. The average molecular weight is 326 g/mol. The van der Waals surface area contributed by atoms with Crippen molar-refractivity contribution in [1.29, 1.82) is 0 Å². The van der Waals surface area contributed by atoms with E-state index in [-0.39, 0.29) is 23.7 Å². The van der Waals surface area contributed by atoms with Crippen LogP contribution in [-0.4, -0.2) is 46.9 Å². The average Bonchev–Trinajstić information content (AvgIpc) is 2.44. The molecule has 0 aromatic carbocycles. The Bertz CT molecular complexity index is 454. The molecule has 2 unspecified atom stereocenters. The summed E-state index contributed by atoms with van der Waals surface area (Å²) in [6.07, 6.45) is 1.86. The predicted molar refractivity (Wildman–Crippen MR) is 87.8 cm³/mol. The zero-order valence-electron chi connectivity index (χ0n) is 14.9. The summed E-state index contributed by atoms with van der Waals surface area (Å²) in [6.45, 7) is 10.5. The molecular weight excluding hydrogens is 296 g/mol. The van der Waals surface area contributed by atoms with Crippen LogP contribution in [0.15, 0.2) is 0 Å². The van der Waals surface area contributed by atoms with Crippen LogP contribution in [0.3, 0.4) is 0 Å². The third-order valence-corrected chi connectivity index (χ3v) is 4.04. The van der Waals surface area contributed by atoms with Crippen molar-refractivity contribution in [3.05, 3.63) is 0 Å². The van der Waals surface area contributed by atoms with E-state index < -0.39 is 17.4 Å². The fraction of sp³-hybridized carbons (Fsp3) is 0.824. The summed E-state index contributed by atoms with van der Waals surface area (Å²) >= 11 is 0. The number of carbonyl (C=O) groups is 3. The molecule has 1 rings (SSSR count). The lowest BCUT2D eigenvalue weighted by molar-refractivity contribution is -0.146. The molecule has 0 aromatic rings. The van der Waals surface area contributed by atoms with Crippen LogP contribution in [0.4, 0.5) is 0 Å².